The Bertz CT molecular complexity index is 466. The number of aromatic nitrogens is 1. The van der Waals surface area contributed by atoms with Crippen molar-refractivity contribution in [1.82, 2.24) is 4.90 Å². The van der Waals surface area contributed by atoms with E-state index in [0.717, 1.165) is 49.6 Å². The highest BCUT2D eigenvalue weighted by atomic mass is 16.5. The molecule has 1 aliphatic heterocycles. The van der Waals surface area contributed by atoms with Gasteiger partial charge in [-0.1, -0.05) is 17.2 Å². The Morgan fingerprint density at radius 3 is 2.53 bits per heavy atom. The molecule has 1 amide bonds. The first-order valence-corrected chi connectivity index (χ1v) is 6.99. The molecular formula is C14H20N3O2+. The van der Waals surface area contributed by atoms with Gasteiger partial charge in [0, 0.05) is 12.0 Å². The first-order valence-electron chi connectivity index (χ1n) is 6.99. The summed E-state index contributed by atoms with van der Waals surface area (Å²) in [6.07, 6.45) is 4.95. The van der Waals surface area contributed by atoms with Crippen molar-refractivity contribution in [3.05, 3.63) is 24.4 Å². The van der Waals surface area contributed by atoms with Gasteiger partial charge in [-0.3, -0.25) is 9.69 Å². The fourth-order valence-corrected chi connectivity index (χ4v) is 2.75. The minimum atomic E-state index is 0.283. The maximum atomic E-state index is 12.1. The summed E-state index contributed by atoms with van der Waals surface area (Å²) in [5, 5.41) is 9.77. The molecule has 0 radical (unpaired) electrons. The van der Waals surface area contributed by atoms with Crippen LogP contribution in [-0.4, -0.2) is 42.2 Å². The fourth-order valence-electron chi connectivity index (χ4n) is 2.75. The molecule has 1 N–H and O–H groups in total. The van der Waals surface area contributed by atoms with Gasteiger partial charge in [-0.05, 0) is 18.9 Å². The van der Waals surface area contributed by atoms with E-state index in [-0.39, 0.29) is 5.92 Å². The summed E-state index contributed by atoms with van der Waals surface area (Å²) in [7, 11) is 0. The third kappa shape index (κ3) is 2.37. The van der Waals surface area contributed by atoms with Gasteiger partial charge in [-0.15, -0.1) is 0 Å². The highest BCUT2D eigenvalue weighted by Crippen LogP contribution is 2.28. The third-order valence-electron chi connectivity index (χ3n) is 4.19. The summed E-state index contributed by atoms with van der Waals surface area (Å²) in [5.41, 5.74) is 0. The van der Waals surface area contributed by atoms with Crippen molar-refractivity contribution >= 4 is 11.7 Å². The molecule has 1 aromatic heterocycles. The first kappa shape index (κ1) is 12.3. The molecule has 0 unspecified atom stereocenters. The van der Waals surface area contributed by atoms with Gasteiger partial charge in [0.15, 0.2) is 0 Å². The maximum absolute atomic E-state index is 12.1. The van der Waals surface area contributed by atoms with Crippen LogP contribution in [0.2, 0.25) is 0 Å². The molecule has 1 aliphatic carbocycles. The molecule has 102 valence electrons. The molecule has 5 heteroatoms. The molecular weight excluding hydrogens is 242 g/mol. The lowest BCUT2D eigenvalue weighted by Gasteiger charge is -2.35. The van der Waals surface area contributed by atoms with E-state index >= 15 is 0 Å². The number of pyridine rings is 1. The first-order chi connectivity index (χ1) is 9.25. The van der Waals surface area contributed by atoms with Crippen LogP contribution in [-0.2, 0) is 4.79 Å². The van der Waals surface area contributed by atoms with E-state index in [1.807, 2.05) is 17.0 Å². The van der Waals surface area contributed by atoms with E-state index in [4.69, 9.17) is 0 Å². The molecule has 1 saturated carbocycles. The minimum Gasteiger partial charge on any atom is -0.350 e. The Hall–Kier alpha value is -1.78. The fraction of sp³-hybridized carbons (Fsp3) is 0.571. The molecule has 2 aliphatic rings. The number of amides is 1. The van der Waals surface area contributed by atoms with Crippen molar-refractivity contribution in [2.24, 2.45) is 5.92 Å². The number of piperazine rings is 1. The van der Waals surface area contributed by atoms with Crippen LogP contribution in [0.3, 0.4) is 0 Å². The highest BCUT2D eigenvalue weighted by Gasteiger charge is 2.33. The van der Waals surface area contributed by atoms with Crippen molar-refractivity contribution in [1.29, 1.82) is 0 Å². The topological polar surface area (TPSA) is 47.7 Å². The van der Waals surface area contributed by atoms with Crippen molar-refractivity contribution in [2.45, 2.75) is 19.3 Å². The predicted octanol–water partition coefficient (Wildman–Crippen LogP) is 0.660. The van der Waals surface area contributed by atoms with Crippen LogP contribution in [0, 0.1) is 5.92 Å². The van der Waals surface area contributed by atoms with E-state index in [0.29, 0.717) is 5.91 Å². The summed E-state index contributed by atoms with van der Waals surface area (Å²) in [4.78, 5) is 16.2. The highest BCUT2D eigenvalue weighted by molar-refractivity contribution is 5.79. The van der Waals surface area contributed by atoms with E-state index in [9.17, 15) is 10.0 Å². The quantitative estimate of drug-likeness (QED) is 0.629. The average Bonchev–Trinajstić information content (AvgIpc) is 2.37. The number of rotatable bonds is 2. The van der Waals surface area contributed by atoms with Gasteiger partial charge in [0.25, 0.3) is 0 Å². The summed E-state index contributed by atoms with van der Waals surface area (Å²) in [6.45, 7) is 3.07. The normalized spacial score (nSPS) is 20.2. The maximum Gasteiger partial charge on any atom is 0.316 e. The van der Waals surface area contributed by atoms with E-state index in [2.05, 4.69) is 4.90 Å². The Morgan fingerprint density at radius 1 is 1.21 bits per heavy atom. The number of carbonyl (C=O) groups is 1. The molecule has 2 fully saturated rings. The molecule has 0 bridgehead atoms. The number of nitrogens with zero attached hydrogens (tertiary/aromatic N) is 3. The second kappa shape index (κ2) is 5.07. The molecule has 0 aromatic carbocycles. The van der Waals surface area contributed by atoms with Gasteiger partial charge in [0.1, 0.15) is 19.3 Å². The molecule has 3 rings (SSSR count). The zero-order valence-electron chi connectivity index (χ0n) is 11.0. The van der Waals surface area contributed by atoms with Crippen LogP contribution >= 0.6 is 0 Å². The van der Waals surface area contributed by atoms with Crippen molar-refractivity contribution in [3.8, 4) is 0 Å². The SMILES string of the molecule is O=C(C1CCC1)N1CCN(c2cccc[n+]2O)CC1. The number of anilines is 1. The zero-order valence-corrected chi connectivity index (χ0v) is 11.0. The monoisotopic (exact) mass is 262 g/mol. The summed E-state index contributed by atoms with van der Waals surface area (Å²) >= 11 is 0. The molecule has 0 atom stereocenters. The van der Waals surface area contributed by atoms with Gasteiger partial charge in [-0.2, -0.15) is 0 Å². The zero-order chi connectivity index (χ0) is 13.2. The summed E-state index contributed by atoms with van der Waals surface area (Å²) < 4.78 is 1.14. The second-order valence-corrected chi connectivity index (χ2v) is 5.34. The Labute approximate surface area is 113 Å². The number of hydrogen-bond acceptors (Lipinski definition) is 3. The van der Waals surface area contributed by atoms with Crippen LogP contribution in [0.15, 0.2) is 24.4 Å². The van der Waals surface area contributed by atoms with Gasteiger partial charge in [0.05, 0.1) is 13.1 Å². The Morgan fingerprint density at radius 2 is 1.95 bits per heavy atom. The molecule has 2 heterocycles. The van der Waals surface area contributed by atoms with Crippen LogP contribution in [0.4, 0.5) is 5.82 Å². The van der Waals surface area contributed by atoms with Crippen molar-refractivity contribution in [2.75, 3.05) is 31.1 Å². The minimum absolute atomic E-state index is 0.283. The molecule has 5 nitrogen and oxygen atoms in total. The van der Waals surface area contributed by atoms with Gasteiger partial charge in [0.2, 0.25) is 5.91 Å². The average molecular weight is 262 g/mol. The Kier molecular flexibility index (Phi) is 3.27. The summed E-state index contributed by atoms with van der Waals surface area (Å²) in [6, 6.07) is 5.59. The predicted molar refractivity (Wildman–Crippen MR) is 70.0 cm³/mol. The third-order valence-corrected chi connectivity index (χ3v) is 4.19. The van der Waals surface area contributed by atoms with E-state index < -0.39 is 0 Å². The molecule has 1 aromatic rings. The van der Waals surface area contributed by atoms with Gasteiger partial charge >= 0.3 is 5.82 Å². The lowest BCUT2D eigenvalue weighted by molar-refractivity contribution is -0.894. The van der Waals surface area contributed by atoms with Crippen LogP contribution in [0.5, 0.6) is 0 Å². The molecule has 1 saturated heterocycles. The lowest BCUT2D eigenvalue weighted by atomic mass is 9.84. The van der Waals surface area contributed by atoms with E-state index in [1.54, 1.807) is 12.3 Å². The number of carbonyl (C=O) groups excluding carboxylic acids is 1. The summed E-state index contributed by atoms with van der Waals surface area (Å²) in [5.74, 6) is 1.40. The van der Waals surface area contributed by atoms with Crippen molar-refractivity contribution in [3.63, 3.8) is 0 Å². The second-order valence-electron chi connectivity index (χ2n) is 5.34. The lowest BCUT2D eigenvalue weighted by Crippen LogP contribution is -2.53. The van der Waals surface area contributed by atoms with Crippen LogP contribution < -0.4 is 9.63 Å². The van der Waals surface area contributed by atoms with Gasteiger partial charge in [-0.25, -0.2) is 0 Å². The van der Waals surface area contributed by atoms with Crippen molar-refractivity contribution < 1.29 is 14.7 Å². The Balaban J connectivity index is 1.60. The van der Waals surface area contributed by atoms with Crippen LogP contribution in [0.1, 0.15) is 19.3 Å². The smallest absolute Gasteiger partial charge is 0.316 e. The van der Waals surface area contributed by atoms with Crippen LogP contribution in [0.25, 0.3) is 0 Å². The number of hydrogen-bond donors (Lipinski definition) is 1. The van der Waals surface area contributed by atoms with E-state index in [1.165, 1.54) is 6.42 Å². The standard InChI is InChI=1S/C14H20N3O2/c18-14(12-4-3-5-12)16-10-8-15(9-11-16)13-6-1-2-7-17(13)19/h1-2,6-7,12,19H,3-5,8-11H2/q+1. The van der Waals surface area contributed by atoms with Gasteiger partial charge < -0.3 is 10.1 Å². The molecule has 19 heavy (non-hydrogen) atoms. The largest absolute Gasteiger partial charge is 0.350 e. The molecule has 0 spiro atoms.